The van der Waals surface area contributed by atoms with Crippen LogP contribution in [0, 0.1) is 11.8 Å². The zero-order chi connectivity index (χ0) is 11.4. The molecule has 1 aliphatic rings. The van der Waals surface area contributed by atoms with Crippen LogP contribution >= 0.6 is 0 Å². The van der Waals surface area contributed by atoms with Crippen molar-refractivity contribution < 1.29 is 4.79 Å². The van der Waals surface area contributed by atoms with E-state index in [1.165, 1.54) is 6.33 Å². The predicted molar refractivity (Wildman–Crippen MR) is 58.6 cm³/mol. The van der Waals surface area contributed by atoms with Gasteiger partial charge in [-0.25, -0.2) is 4.98 Å². The Kier molecular flexibility index (Phi) is 3.51. The molecule has 0 unspecified atom stereocenters. The maximum atomic E-state index is 11.8. The van der Waals surface area contributed by atoms with Crippen LogP contribution in [0.15, 0.2) is 6.33 Å². The maximum Gasteiger partial charge on any atom is 0.224 e. The highest BCUT2D eigenvalue weighted by Gasteiger charge is 2.28. The molecule has 1 aromatic rings. The lowest BCUT2D eigenvalue weighted by Crippen LogP contribution is -2.35. The van der Waals surface area contributed by atoms with Gasteiger partial charge >= 0.3 is 0 Å². The zero-order valence-corrected chi connectivity index (χ0v) is 9.36. The van der Waals surface area contributed by atoms with Crippen LogP contribution in [0.3, 0.4) is 0 Å². The van der Waals surface area contributed by atoms with Crippen LogP contribution in [0.1, 0.15) is 12.7 Å². The van der Waals surface area contributed by atoms with Crippen molar-refractivity contribution in [2.45, 2.75) is 13.3 Å². The van der Waals surface area contributed by atoms with Crippen molar-refractivity contribution in [3.05, 3.63) is 12.2 Å². The first-order valence-corrected chi connectivity index (χ1v) is 5.60. The van der Waals surface area contributed by atoms with Gasteiger partial charge in [-0.05, 0) is 12.5 Å². The van der Waals surface area contributed by atoms with Gasteiger partial charge in [0.1, 0.15) is 12.2 Å². The second-order valence-corrected chi connectivity index (χ2v) is 4.22. The molecule has 0 bridgehead atoms. The van der Waals surface area contributed by atoms with E-state index in [0.29, 0.717) is 18.9 Å². The first kappa shape index (κ1) is 11.1. The summed E-state index contributed by atoms with van der Waals surface area (Å²) in [6, 6.07) is 0. The van der Waals surface area contributed by atoms with Crippen LogP contribution in [0.25, 0.3) is 0 Å². The SMILES string of the molecule is C[C@@H]1CNC[C@H]1C(=O)NCCc1ncn[nH]1. The highest BCUT2D eigenvalue weighted by Crippen LogP contribution is 2.15. The third-order valence-electron chi connectivity index (χ3n) is 2.98. The van der Waals surface area contributed by atoms with Gasteiger partial charge in [0.2, 0.25) is 5.91 Å². The predicted octanol–water partition coefficient (Wildman–Crippen LogP) is -0.681. The van der Waals surface area contributed by atoms with E-state index in [9.17, 15) is 4.79 Å². The van der Waals surface area contributed by atoms with E-state index in [1.807, 2.05) is 0 Å². The van der Waals surface area contributed by atoms with Gasteiger partial charge in [0.25, 0.3) is 0 Å². The van der Waals surface area contributed by atoms with E-state index in [0.717, 1.165) is 18.9 Å². The first-order chi connectivity index (χ1) is 7.77. The maximum absolute atomic E-state index is 11.8. The minimum absolute atomic E-state index is 0.106. The lowest BCUT2D eigenvalue weighted by molar-refractivity contribution is -0.125. The van der Waals surface area contributed by atoms with Gasteiger partial charge in [-0.2, -0.15) is 5.10 Å². The molecule has 6 heteroatoms. The van der Waals surface area contributed by atoms with Crippen molar-refractivity contribution in [3.63, 3.8) is 0 Å². The first-order valence-electron chi connectivity index (χ1n) is 5.60. The number of carbonyl (C=O) groups is 1. The standard InChI is InChI=1S/C10H17N5O/c1-7-4-11-5-8(7)10(16)12-3-2-9-13-6-14-15-9/h6-8,11H,2-5H2,1H3,(H,12,16)(H,13,14,15)/t7-,8-/m1/s1. The number of aromatic nitrogens is 3. The molecule has 6 nitrogen and oxygen atoms in total. The van der Waals surface area contributed by atoms with Gasteiger partial charge in [-0.1, -0.05) is 6.92 Å². The third kappa shape index (κ3) is 2.57. The molecule has 2 rings (SSSR count). The number of nitrogens with one attached hydrogen (secondary N) is 3. The smallest absolute Gasteiger partial charge is 0.224 e. The molecule has 88 valence electrons. The number of amides is 1. The van der Waals surface area contributed by atoms with Crippen molar-refractivity contribution in [2.75, 3.05) is 19.6 Å². The average Bonchev–Trinajstić information content (AvgIpc) is 2.88. The second kappa shape index (κ2) is 5.07. The van der Waals surface area contributed by atoms with E-state index in [4.69, 9.17) is 0 Å². The molecular weight excluding hydrogens is 206 g/mol. The van der Waals surface area contributed by atoms with E-state index in [2.05, 4.69) is 32.7 Å². The lowest BCUT2D eigenvalue weighted by atomic mass is 9.97. The van der Waals surface area contributed by atoms with E-state index in [1.54, 1.807) is 0 Å². The topological polar surface area (TPSA) is 82.7 Å². The van der Waals surface area contributed by atoms with Crippen LogP contribution in [0.4, 0.5) is 0 Å². The van der Waals surface area contributed by atoms with Crippen molar-refractivity contribution in [2.24, 2.45) is 11.8 Å². The summed E-state index contributed by atoms with van der Waals surface area (Å²) in [4.78, 5) is 15.8. The molecule has 3 N–H and O–H groups in total. The van der Waals surface area contributed by atoms with Crippen LogP contribution in [-0.4, -0.2) is 40.7 Å². The quantitative estimate of drug-likeness (QED) is 0.631. The molecule has 0 aromatic carbocycles. The molecule has 1 aromatic heterocycles. The Morgan fingerprint density at radius 2 is 2.50 bits per heavy atom. The summed E-state index contributed by atoms with van der Waals surface area (Å²) in [5.74, 6) is 1.47. The van der Waals surface area contributed by atoms with Gasteiger partial charge in [0.05, 0.1) is 5.92 Å². The van der Waals surface area contributed by atoms with Crippen molar-refractivity contribution in [1.29, 1.82) is 0 Å². The highest BCUT2D eigenvalue weighted by atomic mass is 16.1. The Morgan fingerprint density at radius 1 is 1.62 bits per heavy atom. The van der Waals surface area contributed by atoms with Crippen molar-refractivity contribution in [3.8, 4) is 0 Å². The molecule has 0 aliphatic carbocycles. The van der Waals surface area contributed by atoms with E-state index in [-0.39, 0.29) is 11.8 Å². The molecule has 2 atom stereocenters. The van der Waals surface area contributed by atoms with Crippen LogP contribution < -0.4 is 10.6 Å². The number of aromatic amines is 1. The van der Waals surface area contributed by atoms with Crippen molar-refractivity contribution >= 4 is 5.91 Å². The van der Waals surface area contributed by atoms with Crippen LogP contribution in [0.5, 0.6) is 0 Å². The Morgan fingerprint density at radius 3 is 3.12 bits per heavy atom. The largest absolute Gasteiger partial charge is 0.355 e. The summed E-state index contributed by atoms with van der Waals surface area (Å²) in [6.45, 7) is 4.42. The Bertz CT molecular complexity index is 337. The minimum atomic E-state index is 0.106. The summed E-state index contributed by atoms with van der Waals surface area (Å²) in [5, 5.41) is 12.7. The molecule has 1 amide bonds. The Labute approximate surface area is 94.2 Å². The fourth-order valence-corrected chi connectivity index (χ4v) is 1.95. The van der Waals surface area contributed by atoms with E-state index >= 15 is 0 Å². The second-order valence-electron chi connectivity index (χ2n) is 4.22. The fourth-order valence-electron chi connectivity index (χ4n) is 1.95. The number of H-pyrrole nitrogens is 1. The van der Waals surface area contributed by atoms with Crippen LogP contribution in [0.2, 0.25) is 0 Å². The number of rotatable bonds is 4. The number of nitrogens with zero attached hydrogens (tertiary/aromatic N) is 2. The number of hydrogen-bond acceptors (Lipinski definition) is 4. The molecule has 0 spiro atoms. The van der Waals surface area contributed by atoms with Gasteiger partial charge in [-0.15, -0.1) is 0 Å². The Balaban J connectivity index is 1.71. The molecular formula is C10H17N5O. The number of carbonyl (C=O) groups excluding carboxylic acids is 1. The molecule has 2 heterocycles. The Hall–Kier alpha value is -1.43. The van der Waals surface area contributed by atoms with E-state index < -0.39 is 0 Å². The summed E-state index contributed by atoms with van der Waals surface area (Å²) in [6.07, 6.45) is 2.17. The average molecular weight is 223 g/mol. The summed E-state index contributed by atoms with van der Waals surface area (Å²) in [7, 11) is 0. The molecule has 1 fully saturated rings. The molecule has 1 saturated heterocycles. The summed E-state index contributed by atoms with van der Waals surface area (Å²) >= 11 is 0. The van der Waals surface area contributed by atoms with Gasteiger partial charge < -0.3 is 10.6 Å². The summed E-state index contributed by atoms with van der Waals surface area (Å²) < 4.78 is 0. The highest BCUT2D eigenvalue weighted by molar-refractivity contribution is 5.79. The van der Waals surface area contributed by atoms with Gasteiger partial charge in [-0.3, -0.25) is 9.89 Å². The van der Waals surface area contributed by atoms with Gasteiger partial charge in [0, 0.05) is 19.5 Å². The fraction of sp³-hybridized carbons (Fsp3) is 0.700. The zero-order valence-electron chi connectivity index (χ0n) is 9.36. The minimum Gasteiger partial charge on any atom is -0.355 e. The normalized spacial score (nSPS) is 24.6. The monoisotopic (exact) mass is 223 g/mol. The molecule has 16 heavy (non-hydrogen) atoms. The van der Waals surface area contributed by atoms with Gasteiger partial charge in [0.15, 0.2) is 0 Å². The molecule has 0 saturated carbocycles. The van der Waals surface area contributed by atoms with Crippen LogP contribution in [-0.2, 0) is 11.2 Å². The summed E-state index contributed by atoms with van der Waals surface area (Å²) in [5.41, 5.74) is 0. The lowest BCUT2D eigenvalue weighted by Gasteiger charge is -2.13. The third-order valence-corrected chi connectivity index (χ3v) is 2.98. The molecule has 1 aliphatic heterocycles. The van der Waals surface area contributed by atoms with Crippen molar-refractivity contribution in [1.82, 2.24) is 25.8 Å². The number of hydrogen-bond donors (Lipinski definition) is 3. The molecule has 0 radical (unpaired) electrons.